The monoisotopic (exact) mass is 314 g/mol. The van der Waals surface area contributed by atoms with Gasteiger partial charge in [0, 0.05) is 26.2 Å². The molecule has 0 saturated carbocycles. The zero-order valence-electron chi connectivity index (χ0n) is 13.3. The van der Waals surface area contributed by atoms with Gasteiger partial charge in [0.1, 0.15) is 5.69 Å². The van der Waals surface area contributed by atoms with Crippen LogP contribution in [0.4, 0.5) is 0 Å². The molecule has 0 atom stereocenters. The van der Waals surface area contributed by atoms with Crippen LogP contribution in [0.1, 0.15) is 35.8 Å². The molecular weight excluding hydrogens is 292 g/mol. The maximum Gasteiger partial charge on any atom is 0.302 e. The zero-order valence-corrected chi connectivity index (χ0v) is 13.3. The number of rotatable bonds is 8. The molecule has 0 aliphatic carbocycles. The molecular formula is C18H22N2O3. The molecule has 5 nitrogen and oxygen atoms in total. The highest BCUT2D eigenvalue weighted by atomic mass is 16.5. The summed E-state index contributed by atoms with van der Waals surface area (Å²) in [5.74, 6) is -0.342. The average Bonchev–Trinajstić information content (AvgIpc) is 3.01. The van der Waals surface area contributed by atoms with Crippen molar-refractivity contribution in [2.24, 2.45) is 0 Å². The number of nitrogens with zero attached hydrogens (tertiary/aromatic N) is 1. The van der Waals surface area contributed by atoms with Crippen LogP contribution in [-0.2, 0) is 22.6 Å². The van der Waals surface area contributed by atoms with Crippen molar-refractivity contribution >= 4 is 11.9 Å². The van der Waals surface area contributed by atoms with Crippen molar-refractivity contribution in [3.05, 3.63) is 59.9 Å². The first-order valence-electron chi connectivity index (χ1n) is 7.77. The zero-order chi connectivity index (χ0) is 16.5. The van der Waals surface area contributed by atoms with E-state index in [2.05, 4.69) is 5.32 Å². The van der Waals surface area contributed by atoms with Gasteiger partial charge >= 0.3 is 5.97 Å². The summed E-state index contributed by atoms with van der Waals surface area (Å²) in [5.41, 5.74) is 1.72. The second kappa shape index (κ2) is 8.78. The number of nitrogens with one attached hydrogen (secondary N) is 1. The Bertz CT molecular complexity index is 635. The quantitative estimate of drug-likeness (QED) is 0.602. The first-order valence-corrected chi connectivity index (χ1v) is 7.77. The van der Waals surface area contributed by atoms with Gasteiger partial charge in [-0.1, -0.05) is 30.3 Å². The Labute approximate surface area is 136 Å². The molecule has 0 radical (unpaired) electrons. The lowest BCUT2D eigenvalue weighted by molar-refractivity contribution is -0.141. The summed E-state index contributed by atoms with van der Waals surface area (Å²) in [6, 6.07) is 13.5. The maximum atomic E-state index is 12.3. The summed E-state index contributed by atoms with van der Waals surface area (Å²) >= 11 is 0. The summed E-state index contributed by atoms with van der Waals surface area (Å²) < 4.78 is 6.82. The number of unbranched alkanes of at least 4 members (excludes halogenated alkanes) is 1. The van der Waals surface area contributed by atoms with Crippen molar-refractivity contribution in [3.8, 4) is 0 Å². The highest BCUT2D eigenvalue weighted by Gasteiger charge is 2.10. The molecule has 0 bridgehead atoms. The van der Waals surface area contributed by atoms with Crippen LogP contribution >= 0.6 is 0 Å². The second-order valence-electron chi connectivity index (χ2n) is 5.30. The fourth-order valence-corrected chi connectivity index (χ4v) is 2.28. The molecule has 0 aliphatic heterocycles. The van der Waals surface area contributed by atoms with Crippen molar-refractivity contribution in [3.63, 3.8) is 0 Å². The van der Waals surface area contributed by atoms with Crippen LogP contribution in [0.25, 0.3) is 0 Å². The summed E-state index contributed by atoms with van der Waals surface area (Å²) in [6.45, 7) is 3.06. The fraction of sp³-hybridized carbons (Fsp3) is 0.333. The van der Waals surface area contributed by atoms with Crippen molar-refractivity contribution in [1.29, 1.82) is 0 Å². The fourth-order valence-electron chi connectivity index (χ4n) is 2.28. The lowest BCUT2D eigenvalue weighted by atomic mass is 10.2. The second-order valence-corrected chi connectivity index (χ2v) is 5.30. The minimum atomic E-state index is -0.257. The van der Waals surface area contributed by atoms with Gasteiger partial charge in [-0.25, -0.2) is 0 Å². The smallest absolute Gasteiger partial charge is 0.302 e. The number of carbonyl (C=O) groups excluding carboxylic acids is 2. The van der Waals surface area contributed by atoms with E-state index in [0.29, 0.717) is 18.8 Å². The highest BCUT2D eigenvalue weighted by Crippen LogP contribution is 2.06. The third-order valence-electron chi connectivity index (χ3n) is 3.46. The number of esters is 1. The number of hydrogen-bond acceptors (Lipinski definition) is 3. The van der Waals surface area contributed by atoms with E-state index in [9.17, 15) is 9.59 Å². The summed E-state index contributed by atoms with van der Waals surface area (Å²) in [5, 5.41) is 2.93. The van der Waals surface area contributed by atoms with E-state index in [1.165, 1.54) is 6.92 Å². The first kappa shape index (κ1) is 16.8. The Balaban J connectivity index is 1.80. The van der Waals surface area contributed by atoms with Crippen LogP contribution in [-0.4, -0.2) is 23.1 Å². The molecule has 23 heavy (non-hydrogen) atoms. The standard InChI is InChI=1S/C18H22N2O3/c1-15(21)23-13-6-5-11-20-12-7-10-17(20)18(22)19-14-16-8-3-2-4-9-16/h2-4,7-10,12H,5-6,11,13-14H2,1H3,(H,19,22). The van der Waals surface area contributed by atoms with Gasteiger partial charge in [0.15, 0.2) is 0 Å². The first-order chi connectivity index (χ1) is 11.2. The van der Waals surface area contributed by atoms with Crippen LogP contribution in [0.15, 0.2) is 48.7 Å². The average molecular weight is 314 g/mol. The van der Waals surface area contributed by atoms with Crippen molar-refractivity contribution in [2.75, 3.05) is 6.61 Å². The molecule has 1 heterocycles. The Kier molecular flexibility index (Phi) is 6.41. The normalized spacial score (nSPS) is 10.3. The van der Waals surface area contributed by atoms with Gasteiger partial charge in [-0.15, -0.1) is 0 Å². The minimum absolute atomic E-state index is 0.0844. The summed E-state index contributed by atoms with van der Waals surface area (Å²) in [4.78, 5) is 23.0. The van der Waals surface area contributed by atoms with Crippen molar-refractivity contribution < 1.29 is 14.3 Å². The number of aromatic nitrogens is 1. The van der Waals surface area contributed by atoms with Gasteiger partial charge in [-0.2, -0.15) is 0 Å². The molecule has 122 valence electrons. The van der Waals surface area contributed by atoms with Gasteiger partial charge in [0.05, 0.1) is 6.61 Å². The molecule has 0 fully saturated rings. The Morgan fingerprint density at radius 2 is 1.87 bits per heavy atom. The SMILES string of the molecule is CC(=O)OCCCCn1cccc1C(=O)NCc1ccccc1. The molecule has 1 aromatic carbocycles. The van der Waals surface area contributed by atoms with Gasteiger partial charge < -0.3 is 14.6 Å². The predicted molar refractivity (Wildman–Crippen MR) is 87.9 cm³/mol. The number of hydrogen-bond donors (Lipinski definition) is 1. The molecule has 0 saturated heterocycles. The van der Waals surface area contributed by atoms with Gasteiger partial charge in [0.2, 0.25) is 0 Å². The highest BCUT2D eigenvalue weighted by molar-refractivity contribution is 5.92. The Hall–Kier alpha value is -2.56. The van der Waals surface area contributed by atoms with Crippen molar-refractivity contribution in [2.45, 2.75) is 32.9 Å². The van der Waals surface area contributed by atoms with E-state index in [1.54, 1.807) is 0 Å². The number of aryl methyl sites for hydroxylation is 1. The lowest BCUT2D eigenvalue weighted by Crippen LogP contribution is -2.25. The van der Waals surface area contributed by atoms with Crippen LogP contribution in [0.5, 0.6) is 0 Å². The van der Waals surface area contributed by atoms with E-state index < -0.39 is 0 Å². The topological polar surface area (TPSA) is 60.3 Å². The molecule has 1 aromatic heterocycles. The van der Waals surface area contributed by atoms with Crippen LogP contribution < -0.4 is 5.32 Å². The van der Waals surface area contributed by atoms with E-state index >= 15 is 0 Å². The van der Waals surface area contributed by atoms with Gasteiger partial charge in [-0.05, 0) is 30.5 Å². The van der Waals surface area contributed by atoms with Gasteiger partial charge in [0.25, 0.3) is 5.91 Å². The number of amides is 1. The maximum absolute atomic E-state index is 12.3. The molecule has 2 aromatic rings. The number of ether oxygens (including phenoxy) is 1. The van der Waals surface area contributed by atoms with Crippen LogP contribution in [0, 0.1) is 0 Å². The predicted octanol–water partition coefficient (Wildman–Crippen LogP) is 2.76. The molecule has 0 aliphatic rings. The Morgan fingerprint density at radius 1 is 1.09 bits per heavy atom. The van der Waals surface area contributed by atoms with Crippen molar-refractivity contribution in [1.82, 2.24) is 9.88 Å². The third kappa shape index (κ3) is 5.62. The largest absolute Gasteiger partial charge is 0.466 e. The van der Waals surface area contributed by atoms with E-state index in [-0.39, 0.29) is 11.9 Å². The lowest BCUT2D eigenvalue weighted by Gasteiger charge is -2.10. The molecule has 1 N–H and O–H groups in total. The van der Waals surface area contributed by atoms with E-state index in [0.717, 1.165) is 24.9 Å². The molecule has 5 heteroatoms. The Morgan fingerprint density at radius 3 is 2.61 bits per heavy atom. The summed E-state index contributed by atoms with van der Waals surface area (Å²) in [7, 11) is 0. The number of carbonyl (C=O) groups is 2. The molecule has 0 unspecified atom stereocenters. The number of benzene rings is 1. The van der Waals surface area contributed by atoms with E-state index in [4.69, 9.17) is 4.74 Å². The molecule has 2 rings (SSSR count). The molecule has 0 spiro atoms. The van der Waals surface area contributed by atoms with Crippen LogP contribution in [0.2, 0.25) is 0 Å². The van der Waals surface area contributed by atoms with Crippen LogP contribution in [0.3, 0.4) is 0 Å². The third-order valence-corrected chi connectivity index (χ3v) is 3.46. The van der Waals surface area contributed by atoms with E-state index in [1.807, 2.05) is 53.2 Å². The summed E-state index contributed by atoms with van der Waals surface area (Å²) in [6.07, 6.45) is 3.52. The van der Waals surface area contributed by atoms with Gasteiger partial charge in [-0.3, -0.25) is 9.59 Å². The molecule has 1 amide bonds. The minimum Gasteiger partial charge on any atom is -0.466 e.